The molecule has 2 heterocycles. The first-order chi connectivity index (χ1) is 21.6. The van der Waals surface area contributed by atoms with Gasteiger partial charge in [-0.15, -0.1) is 6.58 Å². The van der Waals surface area contributed by atoms with E-state index in [1.165, 1.54) is 0 Å². The van der Waals surface area contributed by atoms with E-state index in [-0.39, 0.29) is 5.91 Å². The van der Waals surface area contributed by atoms with Gasteiger partial charge in [0.2, 0.25) is 11.8 Å². The van der Waals surface area contributed by atoms with Gasteiger partial charge in [0.05, 0.1) is 14.2 Å². The molecule has 4 N–H and O–H groups in total. The van der Waals surface area contributed by atoms with Crippen LogP contribution in [0.1, 0.15) is 47.3 Å². The van der Waals surface area contributed by atoms with Gasteiger partial charge in [0.15, 0.2) is 0 Å². The van der Waals surface area contributed by atoms with Crippen LogP contribution in [0.4, 0.5) is 11.4 Å². The number of likely N-dealkylation sites (tertiary alicyclic amines) is 1. The third-order valence-electron chi connectivity index (χ3n) is 8.45. The van der Waals surface area contributed by atoms with Gasteiger partial charge in [-0.25, -0.2) is 0 Å². The molecule has 2 amide bonds. The van der Waals surface area contributed by atoms with Gasteiger partial charge in [-0.1, -0.05) is 12.1 Å². The fraction of sp³-hybridized carbons (Fsp3) is 0.333. The van der Waals surface area contributed by atoms with Crippen LogP contribution >= 0.6 is 0 Å². The molecule has 1 aromatic heterocycles. The van der Waals surface area contributed by atoms with Gasteiger partial charge < -0.3 is 35.3 Å². The first-order valence-corrected chi connectivity index (χ1v) is 15.2. The first-order valence-electron chi connectivity index (χ1n) is 15.2. The maximum Gasteiger partial charge on any atom is 0.248 e. The number of amides is 2. The number of anilines is 2. The van der Waals surface area contributed by atoms with Crippen molar-refractivity contribution in [2.24, 2.45) is 5.73 Å². The number of hydrogen-bond donors (Lipinski definition) is 2. The normalized spacial score (nSPS) is 13.5. The van der Waals surface area contributed by atoms with E-state index in [2.05, 4.69) is 34.4 Å². The molecule has 1 saturated heterocycles. The van der Waals surface area contributed by atoms with E-state index in [1.807, 2.05) is 48.5 Å². The largest absolute Gasteiger partial charge is 0.496 e. The second-order valence-electron chi connectivity index (χ2n) is 11.3. The number of allylic oxidation sites excluding steroid dienone is 1. The highest BCUT2D eigenvalue weighted by molar-refractivity contribution is 5.97. The minimum Gasteiger partial charge on any atom is -0.496 e. The number of methoxy groups -OCH3 is 2. The summed E-state index contributed by atoms with van der Waals surface area (Å²) in [6, 6.07) is 19.7. The van der Waals surface area contributed by atoms with E-state index in [9.17, 15) is 9.59 Å². The van der Waals surface area contributed by atoms with Crippen molar-refractivity contribution in [2.45, 2.75) is 38.6 Å². The summed E-state index contributed by atoms with van der Waals surface area (Å²) in [5.41, 5.74) is 16.5. The number of fused-ring (bicyclic) bond motifs is 1. The van der Waals surface area contributed by atoms with Crippen LogP contribution in [0.5, 0.6) is 11.5 Å². The summed E-state index contributed by atoms with van der Waals surface area (Å²) in [5, 5.41) is 1.13. The maximum absolute atomic E-state index is 11.7. The van der Waals surface area contributed by atoms with Crippen molar-refractivity contribution in [1.82, 2.24) is 9.47 Å². The molecule has 0 unspecified atom stereocenters. The molecule has 0 spiro atoms. The number of rotatable bonds is 10. The molecule has 1 fully saturated rings. The Kier molecular flexibility index (Phi) is 11.3. The Hall–Kier alpha value is -4.76. The van der Waals surface area contributed by atoms with E-state index in [0.29, 0.717) is 11.6 Å². The molecule has 9 nitrogen and oxygen atoms in total. The number of nitrogens with two attached hydrogens (primary N) is 2. The average molecular weight is 612 g/mol. The number of aromatic nitrogens is 1. The number of nitrogens with zero attached hydrogens (tertiary/aromatic N) is 3. The molecule has 3 aromatic carbocycles. The number of benzene rings is 3. The molecule has 9 heteroatoms. The molecule has 4 aromatic rings. The minimum absolute atomic E-state index is 0.00803. The fourth-order valence-electron chi connectivity index (χ4n) is 5.78. The molecule has 1 aliphatic heterocycles. The number of carbonyl (C=O) groups is 2. The molecule has 238 valence electrons. The van der Waals surface area contributed by atoms with Gasteiger partial charge in [-0.05, 0) is 96.8 Å². The van der Waals surface area contributed by atoms with E-state index in [0.717, 1.165) is 90.2 Å². The molecular formula is C36H45N5O4. The molecule has 0 atom stereocenters. The van der Waals surface area contributed by atoms with Gasteiger partial charge in [-0.3, -0.25) is 9.59 Å². The molecule has 5 rings (SSSR count). The fourth-order valence-corrected chi connectivity index (χ4v) is 5.78. The van der Waals surface area contributed by atoms with Crippen molar-refractivity contribution >= 4 is 34.1 Å². The Morgan fingerprint density at radius 2 is 1.67 bits per heavy atom. The minimum atomic E-state index is -0.395. The van der Waals surface area contributed by atoms with Crippen LogP contribution in [0.3, 0.4) is 0 Å². The van der Waals surface area contributed by atoms with Gasteiger partial charge in [0.1, 0.15) is 11.5 Å². The van der Waals surface area contributed by atoms with Crippen molar-refractivity contribution in [1.29, 1.82) is 0 Å². The van der Waals surface area contributed by atoms with Crippen LogP contribution in [0.15, 0.2) is 79.5 Å². The maximum atomic E-state index is 11.7. The summed E-state index contributed by atoms with van der Waals surface area (Å²) in [4.78, 5) is 27.5. The lowest BCUT2D eigenvalue weighted by Gasteiger charge is -2.33. The summed E-state index contributed by atoms with van der Waals surface area (Å²) in [6.45, 7) is 8.19. The quantitative estimate of drug-likeness (QED) is 0.178. The zero-order valence-electron chi connectivity index (χ0n) is 26.8. The van der Waals surface area contributed by atoms with Crippen LogP contribution in [0.25, 0.3) is 10.9 Å². The monoisotopic (exact) mass is 611 g/mol. The zero-order chi connectivity index (χ0) is 32.5. The van der Waals surface area contributed by atoms with Crippen molar-refractivity contribution in [3.63, 3.8) is 0 Å². The second kappa shape index (κ2) is 15.3. The number of carbonyl (C=O) groups excluding carboxylic acids is 2. The molecule has 0 radical (unpaired) electrons. The third kappa shape index (κ3) is 8.25. The zero-order valence-corrected chi connectivity index (χ0v) is 26.8. The summed E-state index contributed by atoms with van der Waals surface area (Å²) in [7, 11) is 5.12. The Morgan fingerprint density at radius 3 is 2.31 bits per heavy atom. The SMILES string of the molecule is C=CCc1cc(N)ccc1OC.COc1ccc(N(C)C(C)=O)cc1CCN1CCC(n2ccc3ccc(C(N)=O)cc32)CC1. The summed E-state index contributed by atoms with van der Waals surface area (Å²) in [6.07, 6.45) is 7.70. The highest BCUT2D eigenvalue weighted by Gasteiger charge is 2.22. The van der Waals surface area contributed by atoms with E-state index < -0.39 is 5.91 Å². The van der Waals surface area contributed by atoms with Crippen molar-refractivity contribution in [3.8, 4) is 11.5 Å². The van der Waals surface area contributed by atoms with Crippen LogP contribution in [0.2, 0.25) is 0 Å². The van der Waals surface area contributed by atoms with Crippen LogP contribution in [-0.4, -0.2) is 62.2 Å². The molecule has 0 aliphatic carbocycles. The predicted octanol–water partition coefficient (Wildman–Crippen LogP) is 5.62. The predicted molar refractivity (Wildman–Crippen MR) is 182 cm³/mol. The van der Waals surface area contributed by atoms with Gasteiger partial charge in [0.25, 0.3) is 0 Å². The van der Waals surface area contributed by atoms with Crippen molar-refractivity contribution < 1.29 is 19.1 Å². The number of piperidine rings is 1. The lowest BCUT2D eigenvalue weighted by Crippen LogP contribution is -2.35. The highest BCUT2D eigenvalue weighted by Crippen LogP contribution is 2.30. The van der Waals surface area contributed by atoms with Gasteiger partial charge in [-0.2, -0.15) is 0 Å². The van der Waals surface area contributed by atoms with Crippen LogP contribution < -0.4 is 25.8 Å². The van der Waals surface area contributed by atoms with E-state index in [4.69, 9.17) is 20.9 Å². The Labute approximate surface area is 266 Å². The topological polar surface area (TPSA) is 116 Å². The lowest BCUT2D eigenvalue weighted by atomic mass is 10.0. The first kappa shape index (κ1) is 33.1. The van der Waals surface area contributed by atoms with Gasteiger partial charge in [0, 0.05) is 68.3 Å². The Balaban J connectivity index is 0.000000323. The van der Waals surface area contributed by atoms with E-state index >= 15 is 0 Å². The smallest absolute Gasteiger partial charge is 0.248 e. The molecule has 0 bridgehead atoms. The summed E-state index contributed by atoms with van der Waals surface area (Å²) in [5.74, 6) is 1.33. The number of hydrogen-bond acceptors (Lipinski definition) is 6. The number of nitrogen functional groups attached to an aromatic ring is 1. The third-order valence-corrected chi connectivity index (χ3v) is 8.45. The summed E-state index contributed by atoms with van der Waals surface area (Å²) >= 11 is 0. The van der Waals surface area contributed by atoms with E-state index in [1.54, 1.807) is 39.2 Å². The number of ether oxygens (including phenoxy) is 2. The second-order valence-corrected chi connectivity index (χ2v) is 11.3. The average Bonchev–Trinajstić information content (AvgIpc) is 3.47. The highest BCUT2D eigenvalue weighted by atomic mass is 16.5. The molecule has 45 heavy (non-hydrogen) atoms. The lowest BCUT2D eigenvalue weighted by molar-refractivity contribution is -0.116. The standard InChI is InChI=1S/C26H32N4O3.C10H13NO/c1-18(31)28(2)23-6-7-25(33-3)20(16-23)8-12-29-13-10-22(11-14-29)30-15-9-19-4-5-21(26(27)32)17-24(19)30;1-3-4-8-7-9(11)5-6-10(8)12-2/h4-7,9,15-17,22H,8,10-14H2,1-3H3,(H2,27,32);3,5-7H,1,4,11H2,2H3. The van der Waals surface area contributed by atoms with Crippen LogP contribution in [-0.2, 0) is 17.6 Å². The Morgan fingerprint density at radius 1 is 0.978 bits per heavy atom. The Bertz CT molecular complexity index is 1640. The van der Waals surface area contributed by atoms with Crippen molar-refractivity contribution in [3.05, 3.63) is 96.2 Å². The summed E-state index contributed by atoms with van der Waals surface area (Å²) < 4.78 is 13.0. The number of primary amides is 1. The van der Waals surface area contributed by atoms with Crippen molar-refractivity contribution in [2.75, 3.05) is 51.5 Å². The molecule has 0 saturated carbocycles. The molecule has 1 aliphatic rings. The molecular weight excluding hydrogens is 566 g/mol. The van der Waals surface area contributed by atoms with Crippen LogP contribution in [0, 0.1) is 0 Å². The van der Waals surface area contributed by atoms with Gasteiger partial charge >= 0.3 is 0 Å².